The van der Waals surface area contributed by atoms with Gasteiger partial charge in [-0.15, -0.1) is 0 Å². The summed E-state index contributed by atoms with van der Waals surface area (Å²) in [6.45, 7) is 21.5. The van der Waals surface area contributed by atoms with Crippen LogP contribution in [-0.4, -0.2) is 74.4 Å². The third-order valence-electron chi connectivity index (χ3n) is 3.60. The Balaban J connectivity index is -0.000000537. The summed E-state index contributed by atoms with van der Waals surface area (Å²) in [5, 5.41) is 0. The average molecular weight is 479 g/mol. The second-order valence-corrected chi connectivity index (χ2v) is 7.38. The van der Waals surface area contributed by atoms with E-state index >= 15 is 0 Å². The summed E-state index contributed by atoms with van der Waals surface area (Å²) in [6, 6.07) is -0.716. The van der Waals surface area contributed by atoms with E-state index in [1.54, 1.807) is 0 Å². The molecule has 0 aromatic carbocycles. The van der Waals surface area contributed by atoms with Crippen molar-refractivity contribution >= 4 is 17.7 Å². The molecular formula is C24H54N4O5. The second kappa shape index (κ2) is 26.7. The number of hydrogen-bond donors (Lipinski definition) is 2. The molecule has 0 saturated carbocycles. The Kier molecular flexibility index (Phi) is 31.3. The van der Waals surface area contributed by atoms with Gasteiger partial charge >= 0.3 is 11.9 Å². The number of hydrogen-bond acceptors (Lipinski definition) is 9. The zero-order valence-corrected chi connectivity index (χ0v) is 23.4. The summed E-state index contributed by atoms with van der Waals surface area (Å²) in [5.74, 6) is -1.12. The molecule has 3 atom stereocenters. The van der Waals surface area contributed by atoms with Crippen LogP contribution in [0.1, 0.15) is 82.6 Å². The molecular weight excluding hydrogens is 424 g/mol. The molecule has 9 heteroatoms. The van der Waals surface area contributed by atoms with E-state index in [2.05, 4.69) is 18.8 Å². The van der Waals surface area contributed by atoms with Crippen LogP contribution in [0.5, 0.6) is 0 Å². The lowest BCUT2D eigenvalue weighted by molar-refractivity contribution is -0.159. The van der Waals surface area contributed by atoms with Crippen LogP contribution in [0.25, 0.3) is 0 Å². The summed E-state index contributed by atoms with van der Waals surface area (Å²) >= 11 is 0. The van der Waals surface area contributed by atoms with Gasteiger partial charge in [0.25, 0.3) is 0 Å². The van der Waals surface area contributed by atoms with Crippen molar-refractivity contribution in [1.29, 1.82) is 0 Å². The molecule has 0 fully saturated rings. The highest BCUT2D eigenvalue weighted by Gasteiger charge is 2.22. The van der Waals surface area contributed by atoms with E-state index in [-0.39, 0.29) is 38.6 Å². The molecule has 3 unspecified atom stereocenters. The smallest absolute Gasteiger partial charge is 0.323 e. The zero-order valence-electron chi connectivity index (χ0n) is 23.4. The van der Waals surface area contributed by atoms with Gasteiger partial charge in [0.15, 0.2) is 0 Å². The van der Waals surface area contributed by atoms with Gasteiger partial charge in [0.1, 0.15) is 38.3 Å². The standard InChI is InChI=1S/C17H34N4O5.C3H8.2C2H6/c1-11(2)16(19)17(23)25-9-14(8-24-15(22)7-18)26-10-21(6)13(5)20-12(3)4;1-3-2;2*1-2/h11,13-14,16H,7-10,18-19H2,1-6H3;3H2,1-2H3;2*1-2H3. The van der Waals surface area contributed by atoms with Gasteiger partial charge in [-0.2, -0.15) is 0 Å². The summed E-state index contributed by atoms with van der Waals surface area (Å²) in [7, 11) is 1.85. The maximum atomic E-state index is 11.9. The molecule has 0 radical (unpaired) electrons. The van der Waals surface area contributed by atoms with Crippen molar-refractivity contribution in [3.05, 3.63) is 0 Å². The minimum Gasteiger partial charge on any atom is -0.462 e. The van der Waals surface area contributed by atoms with Gasteiger partial charge in [0, 0.05) is 5.71 Å². The van der Waals surface area contributed by atoms with E-state index in [1.165, 1.54) is 6.42 Å². The molecule has 0 saturated heterocycles. The van der Waals surface area contributed by atoms with Crippen LogP contribution < -0.4 is 11.5 Å². The van der Waals surface area contributed by atoms with Crippen molar-refractivity contribution in [2.24, 2.45) is 22.4 Å². The number of carbonyl (C=O) groups excluding carboxylic acids is 2. The molecule has 0 heterocycles. The van der Waals surface area contributed by atoms with E-state index in [1.807, 2.05) is 74.3 Å². The molecule has 0 aliphatic rings. The van der Waals surface area contributed by atoms with Crippen LogP contribution in [0.3, 0.4) is 0 Å². The van der Waals surface area contributed by atoms with Gasteiger partial charge in [0.2, 0.25) is 0 Å². The highest BCUT2D eigenvalue weighted by atomic mass is 16.6. The SMILES string of the molecule is CC.CC.CC(C)=NC(C)N(C)COC(COC(=O)CN)COC(=O)C(N)C(C)C.CCC. The summed E-state index contributed by atoms with van der Waals surface area (Å²) < 4.78 is 15.9. The molecule has 0 aromatic rings. The van der Waals surface area contributed by atoms with Crippen LogP contribution in [-0.2, 0) is 23.8 Å². The Morgan fingerprint density at radius 2 is 1.42 bits per heavy atom. The van der Waals surface area contributed by atoms with Crippen LogP contribution >= 0.6 is 0 Å². The van der Waals surface area contributed by atoms with E-state index in [0.717, 1.165) is 5.71 Å². The van der Waals surface area contributed by atoms with Gasteiger partial charge in [-0.1, -0.05) is 61.8 Å². The normalized spacial score (nSPS) is 12.5. The van der Waals surface area contributed by atoms with Crippen molar-refractivity contribution < 1.29 is 23.8 Å². The van der Waals surface area contributed by atoms with E-state index in [9.17, 15) is 9.59 Å². The quantitative estimate of drug-likeness (QED) is 0.247. The number of nitrogens with two attached hydrogens (primary N) is 2. The Morgan fingerprint density at radius 1 is 0.970 bits per heavy atom. The van der Waals surface area contributed by atoms with Gasteiger partial charge in [-0.3, -0.25) is 19.5 Å². The van der Waals surface area contributed by atoms with Crippen molar-refractivity contribution in [3.63, 3.8) is 0 Å². The first kappa shape index (κ1) is 38.7. The molecule has 0 spiro atoms. The van der Waals surface area contributed by atoms with Gasteiger partial charge in [-0.25, -0.2) is 0 Å². The zero-order chi connectivity index (χ0) is 27.0. The molecule has 0 aliphatic heterocycles. The predicted molar refractivity (Wildman–Crippen MR) is 138 cm³/mol. The maximum absolute atomic E-state index is 11.9. The van der Waals surface area contributed by atoms with Crippen molar-refractivity contribution in [3.8, 4) is 0 Å². The molecule has 200 valence electrons. The minimum absolute atomic E-state index is 0.0425. The number of ether oxygens (including phenoxy) is 3. The van der Waals surface area contributed by atoms with Crippen molar-refractivity contribution in [2.45, 2.75) is 101 Å². The Morgan fingerprint density at radius 3 is 1.82 bits per heavy atom. The molecule has 0 bridgehead atoms. The Bertz CT molecular complexity index is 483. The molecule has 0 aliphatic carbocycles. The summed E-state index contributed by atoms with van der Waals surface area (Å²) in [4.78, 5) is 29.4. The third-order valence-corrected chi connectivity index (χ3v) is 3.60. The lowest BCUT2D eigenvalue weighted by atomic mass is 10.1. The fourth-order valence-electron chi connectivity index (χ4n) is 1.74. The number of rotatable bonds is 12. The first-order valence-corrected chi connectivity index (χ1v) is 12.1. The highest BCUT2D eigenvalue weighted by molar-refractivity contribution is 5.79. The lowest BCUT2D eigenvalue weighted by Crippen LogP contribution is -2.40. The van der Waals surface area contributed by atoms with Crippen LogP contribution in [0.4, 0.5) is 0 Å². The van der Waals surface area contributed by atoms with Gasteiger partial charge < -0.3 is 25.7 Å². The fraction of sp³-hybridized carbons (Fsp3) is 0.875. The topological polar surface area (TPSA) is 129 Å². The summed E-state index contributed by atoms with van der Waals surface area (Å²) in [5.41, 5.74) is 11.9. The van der Waals surface area contributed by atoms with Crippen LogP contribution in [0.2, 0.25) is 0 Å². The molecule has 9 nitrogen and oxygen atoms in total. The van der Waals surface area contributed by atoms with Crippen LogP contribution in [0.15, 0.2) is 4.99 Å². The van der Waals surface area contributed by atoms with Crippen molar-refractivity contribution in [1.82, 2.24) is 4.90 Å². The largest absolute Gasteiger partial charge is 0.462 e. The third kappa shape index (κ3) is 24.9. The van der Waals surface area contributed by atoms with E-state index < -0.39 is 24.1 Å². The number of esters is 2. The maximum Gasteiger partial charge on any atom is 0.323 e. The Hall–Kier alpha value is -1.55. The number of nitrogens with zero attached hydrogens (tertiary/aromatic N) is 2. The number of carbonyl (C=O) groups is 2. The van der Waals surface area contributed by atoms with Crippen LogP contribution in [0, 0.1) is 5.92 Å². The molecule has 33 heavy (non-hydrogen) atoms. The molecule has 0 rings (SSSR count). The summed E-state index contributed by atoms with van der Waals surface area (Å²) in [6.07, 6.45) is 0.541. The Labute approximate surface area is 203 Å². The van der Waals surface area contributed by atoms with Gasteiger partial charge in [0.05, 0.1) is 6.54 Å². The average Bonchev–Trinajstić information content (AvgIpc) is 2.79. The first-order chi connectivity index (χ1) is 15.5. The first-order valence-electron chi connectivity index (χ1n) is 12.1. The monoisotopic (exact) mass is 478 g/mol. The lowest BCUT2D eigenvalue weighted by Gasteiger charge is -2.25. The van der Waals surface area contributed by atoms with E-state index in [4.69, 9.17) is 25.7 Å². The fourth-order valence-corrected chi connectivity index (χ4v) is 1.74. The molecule has 0 amide bonds. The molecule has 0 aromatic heterocycles. The number of aliphatic imine (C=N–C) groups is 1. The highest BCUT2D eigenvalue weighted by Crippen LogP contribution is 2.05. The van der Waals surface area contributed by atoms with E-state index in [0.29, 0.717) is 0 Å². The van der Waals surface area contributed by atoms with Crippen molar-refractivity contribution in [2.75, 3.05) is 33.5 Å². The predicted octanol–water partition coefficient (Wildman–Crippen LogP) is 3.58. The molecule has 4 N–H and O–H groups in total. The minimum atomic E-state index is -0.716. The second-order valence-electron chi connectivity index (χ2n) is 7.38. The van der Waals surface area contributed by atoms with Gasteiger partial charge in [-0.05, 0) is 33.7 Å².